The van der Waals surface area contributed by atoms with Crippen molar-refractivity contribution in [2.75, 3.05) is 20.2 Å². The first-order valence-corrected chi connectivity index (χ1v) is 10.3. The summed E-state index contributed by atoms with van der Waals surface area (Å²) in [5, 5.41) is 0. The van der Waals surface area contributed by atoms with E-state index in [9.17, 15) is 22.8 Å². The van der Waals surface area contributed by atoms with E-state index in [-0.39, 0.29) is 24.6 Å². The summed E-state index contributed by atoms with van der Waals surface area (Å²) in [7, 11) is 1.52. The quantitative estimate of drug-likeness (QED) is 0.559. The lowest BCUT2D eigenvalue weighted by Crippen LogP contribution is -2.51. The van der Waals surface area contributed by atoms with Crippen molar-refractivity contribution in [3.63, 3.8) is 0 Å². The highest BCUT2D eigenvalue weighted by molar-refractivity contribution is 6.03. The monoisotopic (exact) mass is 452 g/mol. The smallest absolute Gasteiger partial charge is 0.256 e. The fraction of sp³-hybridized carbons (Fsp3) is 0.200. The van der Waals surface area contributed by atoms with Crippen LogP contribution in [0.25, 0.3) is 0 Å². The fourth-order valence-electron chi connectivity index (χ4n) is 4.91. The first-order valence-electron chi connectivity index (χ1n) is 10.3. The van der Waals surface area contributed by atoms with Crippen molar-refractivity contribution in [2.24, 2.45) is 0 Å². The van der Waals surface area contributed by atoms with Crippen LogP contribution in [0, 0.1) is 24.4 Å². The second-order valence-electron chi connectivity index (χ2n) is 8.07. The van der Waals surface area contributed by atoms with E-state index >= 15 is 0 Å². The molecule has 8 heteroatoms. The van der Waals surface area contributed by atoms with Crippen LogP contribution in [0.2, 0.25) is 0 Å². The summed E-state index contributed by atoms with van der Waals surface area (Å²) in [5.41, 5.74) is 0.787. The number of ether oxygens (including phenoxy) is 1. The number of rotatable bonds is 3. The number of methoxy groups -OCH3 is 1. The zero-order chi connectivity index (χ0) is 23.5. The lowest BCUT2D eigenvalue weighted by Gasteiger charge is -2.40. The van der Waals surface area contributed by atoms with Crippen molar-refractivity contribution in [3.8, 4) is 5.75 Å². The van der Waals surface area contributed by atoms with Gasteiger partial charge in [-0.05, 0) is 36.8 Å². The first-order chi connectivity index (χ1) is 15.8. The molecule has 5 rings (SSSR count). The van der Waals surface area contributed by atoms with E-state index in [1.54, 1.807) is 41.3 Å². The van der Waals surface area contributed by atoms with Crippen LogP contribution in [0.15, 0.2) is 54.6 Å². The first kappa shape index (κ1) is 21.1. The number of hydrogen-bond acceptors (Lipinski definition) is 3. The fourth-order valence-corrected chi connectivity index (χ4v) is 4.91. The van der Waals surface area contributed by atoms with Crippen LogP contribution in [0.4, 0.5) is 13.2 Å². The SMILES string of the molecule is COc1cc(C23c4ccccc4C(=O)N2CCN3C(=O)c2cc(F)c(F)c(F)c2)ccc1C. The van der Waals surface area contributed by atoms with Crippen LogP contribution in [0.3, 0.4) is 0 Å². The molecule has 3 aromatic rings. The topological polar surface area (TPSA) is 49.9 Å². The van der Waals surface area contributed by atoms with Crippen LogP contribution in [0.5, 0.6) is 5.75 Å². The number of fused-ring (bicyclic) bond motifs is 3. The van der Waals surface area contributed by atoms with Gasteiger partial charge < -0.3 is 14.5 Å². The molecule has 2 amide bonds. The number of amides is 2. The molecular weight excluding hydrogens is 433 g/mol. The summed E-state index contributed by atoms with van der Waals surface area (Å²) in [6.07, 6.45) is 0. The summed E-state index contributed by atoms with van der Waals surface area (Å²) >= 11 is 0. The number of hydrogen-bond donors (Lipinski definition) is 0. The predicted octanol–water partition coefficient (Wildman–Crippen LogP) is 4.23. The Morgan fingerprint density at radius 3 is 2.39 bits per heavy atom. The normalized spacial score (nSPS) is 19.0. The molecule has 0 spiro atoms. The van der Waals surface area contributed by atoms with E-state index in [4.69, 9.17) is 4.74 Å². The molecule has 1 fully saturated rings. The number of halogens is 3. The van der Waals surface area contributed by atoms with Gasteiger partial charge in [0, 0.05) is 35.3 Å². The van der Waals surface area contributed by atoms with E-state index < -0.39 is 29.0 Å². The third-order valence-electron chi connectivity index (χ3n) is 6.39. The molecule has 1 unspecified atom stereocenters. The van der Waals surface area contributed by atoms with Crippen molar-refractivity contribution in [1.29, 1.82) is 0 Å². The molecular formula is C25H19F3N2O3. The highest BCUT2D eigenvalue weighted by atomic mass is 19.2. The highest BCUT2D eigenvalue weighted by Crippen LogP contribution is 2.50. The summed E-state index contributed by atoms with van der Waals surface area (Å²) in [6.45, 7) is 2.20. The van der Waals surface area contributed by atoms with Gasteiger partial charge in [-0.1, -0.05) is 30.3 Å². The van der Waals surface area contributed by atoms with Crippen molar-refractivity contribution < 1.29 is 27.5 Å². The molecule has 5 nitrogen and oxygen atoms in total. The van der Waals surface area contributed by atoms with Crippen molar-refractivity contribution in [1.82, 2.24) is 9.80 Å². The average Bonchev–Trinajstić information content (AvgIpc) is 3.32. The van der Waals surface area contributed by atoms with Gasteiger partial charge in [0.15, 0.2) is 23.1 Å². The van der Waals surface area contributed by atoms with E-state index in [2.05, 4.69) is 0 Å². The molecule has 2 aliphatic rings. The Labute approximate surface area is 188 Å². The molecule has 33 heavy (non-hydrogen) atoms. The lowest BCUT2D eigenvalue weighted by molar-refractivity contribution is 0.0373. The zero-order valence-corrected chi connectivity index (χ0v) is 17.9. The van der Waals surface area contributed by atoms with Crippen LogP contribution in [0.1, 0.15) is 37.4 Å². The van der Waals surface area contributed by atoms with Crippen LogP contribution < -0.4 is 4.74 Å². The van der Waals surface area contributed by atoms with E-state index in [0.29, 0.717) is 34.6 Å². The third-order valence-corrected chi connectivity index (χ3v) is 6.39. The number of carbonyl (C=O) groups is 2. The molecule has 0 saturated carbocycles. The van der Waals surface area contributed by atoms with Gasteiger partial charge in [0.2, 0.25) is 0 Å². The van der Waals surface area contributed by atoms with Crippen molar-refractivity contribution >= 4 is 11.8 Å². The van der Waals surface area contributed by atoms with Crippen molar-refractivity contribution in [2.45, 2.75) is 12.6 Å². The molecule has 0 bridgehead atoms. The number of nitrogens with zero attached hydrogens (tertiary/aromatic N) is 2. The van der Waals surface area contributed by atoms with Gasteiger partial charge in [0.25, 0.3) is 11.8 Å². The molecule has 0 aromatic heterocycles. The summed E-state index contributed by atoms with van der Waals surface area (Å²) in [6, 6.07) is 13.7. The maximum atomic E-state index is 14.0. The van der Waals surface area contributed by atoms with Gasteiger partial charge in [-0.15, -0.1) is 0 Å². The maximum absolute atomic E-state index is 14.0. The minimum absolute atomic E-state index is 0.121. The standard InChI is InChI=1S/C25H19F3N2O3/c1-14-7-8-16(13-21(14)33-2)25-18-6-4-3-5-17(18)24(32)30(25)10-9-29(25)23(31)15-11-19(26)22(28)20(27)12-15/h3-8,11-13H,9-10H2,1-2H3. The Kier molecular flexibility index (Phi) is 4.70. The number of benzene rings is 3. The minimum atomic E-state index is -1.64. The molecule has 0 radical (unpaired) electrons. The van der Waals surface area contributed by atoms with Gasteiger partial charge >= 0.3 is 0 Å². The van der Waals surface area contributed by atoms with Crippen LogP contribution >= 0.6 is 0 Å². The summed E-state index contributed by atoms with van der Waals surface area (Å²) in [5.74, 6) is -4.96. The molecule has 0 aliphatic carbocycles. The molecule has 2 heterocycles. The highest BCUT2D eigenvalue weighted by Gasteiger charge is 2.59. The Bertz CT molecular complexity index is 1300. The lowest BCUT2D eigenvalue weighted by atomic mass is 9.88. The van der Waals surface area contributed by atoms with Crippen molar-refractivity contribution in [3.05, 3.63) is 99.9 Å². The second kappa shape index (κ2) is 7.37. The minimum Gasteiger partial charge on any atom is -0.496 e. The van der Waals surface area contributed by atoms with Gasteiger partial charge in [-0.2, -0.15) is 0 Å². The molecule has 1 saturated heterocycles. The maximum Gasteiger partial charge on any atom is 0.256 e. The third kappa shape index (κ3) is 2.79. The average molecular weight is 452 g/mol. The molecule has 3 aromatic carbocycles. The van der Waals surface area contributed by atoms with Gasteiger partial charge in [0.1, 0.15) is 5.75 Å². The molecule has 1 atom stereocenters. The van der Waals surface area contributed by atoms with Crippen LogP contribution in [-0.4, -0.2) is 41.8 Å². The Morgan fingerprint density at radius 1 is 1.00 bits per heavy atom. The van der Waals surface area contributed by atoms with E-state index in [1.165, 1.54) is 12.0 Å². The van der Waals surface area contributed by atoms with Crippen LogP contribution in [-0.2, 0) is 5.66 Å². The predicted molar refractivity (Wildman–Crippen MR) is 113 cm³/mol. The summed E-state index contributed by atoms with van der Waals surface area (Å²) < 4.78 is 46.9. The van der Waals surface area contributed by atoms with E-state index in [0.717, 1.165) is 5.56 Å². The molecule has 2 aliphatic heterocycles. The largest absolute Gasteiger partial charge is 0.496 e. The number of aryl methyl sites for hydroxylation is 1. The Morgan fingerprint density at radius 2 is 1.70 bits per heavy atom. The Balaban J connectivity index is 1.76. The van der Waals surface area contributed by atoms with Gasteiger partial charge in [-0.3, -0.25) is 9.59 Å². The molecule has 168 valence electrons. The van der Waals surface area contributed by atoms with Gasteiger partial charge in [-0.25, -0.2) is 13.2 Å². The van der Waals surface area contributed by atoms with E-state index in [1.807, 2.05) is 13.0 Å². The van der Waals surface area contributed by atoms with Gasteiger partial charge in [0.05, 0.1) is 7.11 Å². The number of carbonyl (C=O) groups excluding carboxylic acids is 2. The zero-order valence-electron chi connectivity index (χ0n) is 17.9. The second-order valence-corrected chi connectivity index (χ2v) is 8.07. The Hall–Kier alpha value is -3.81. The molecule has 0 N–H and O–H groups in total. The summed E-state index contributed by atoms with van der Waals surface area (Å²) in [4.78, 5) is 29.9.